The van der Waals surface area contributed by atoms with Crippen LogP contribution >= 0.6 is 12.6 Å². The number of alkyl halides is 3. The number of halogens is 3. The number of hydrogen-bond acceptors (Lipinski definition) is 6. The van der Waals surface area contributed by atoms with Gasteiger partial charge >= 0.3 is 12.4 Å². The van der Waals surface area contributed by atoms with E-state index in [0.29, 0.717) is 30.4 Å². The first-order valence-electron chi connectivity index (χ1n) is 12.9. The summed E-state index contributed by atoms with van der Waals surface area (Å²) in [5, 5.41) is 13.3. The lowest BCUT2D eigenvalue weighted by Crippen LogP contribution is -2.43. The number of anilines is 1. The summed E-state index contributed by atoms with van der Waals surface area (Å²) in [6, 6.07) is 18.7. The van der Waals surface area contributed by atoms with Gasteiger partial charge in [-0.1, -0.05) is 49.7 Å². The quantitative estimate of drug-likeness (QED) is 0.127. The van der Waals surface area contributed by atoms with Gasteiger partial charge in [-0.3, -0.25) is 0 Å². The van der Waals surface area contributed by atoms with Crippen LogP contribution in [0.4, 0.5) is 23.7 Å². The van der Waals surface area contributed by atoms with Crippen molar-refractivity contribution < 1.29 is 22.7 Å². The largest absolute Gasteiger partial charge is 0.573 e. The number of urea groups is 1. The van der Waals surface area contributed by atoms with Gasteiger partial charge in [-0.25, -0.2) is 14.5 Å². The second kappa shape index (κ2) is 13.0. The highest BCUT2D eigenvalue weighted by Gasteiger charge is 2.31. The van der Waals surface area contributed by atoms with E-state index >= 15 is 0 Å². The highest BCUT2D eigenvalue weighted by Crippen LogP contribution is 2.26. The van der Waals surface area contributed by atoms with Crippen molar-refractivity contribution in [2.45, 2.75) is 45.0 Å². The van der Waals surface area contributed by atoms with Crippen molar-refractivity contribution in [2.75, 3.05) is 11.9 Å². The van der Waals surface area contributed by atoms with Crippen LogP contribution in [-0.4, -0.2) is 39.2 Å². The molecule has 0 bridgehead atoms. The summed E-state index contributed by atoms with van der Waals surface area (Å²) in [5.41, 5.74) is 4.93. The Kier molecular flexibility index (Phi) is 9.43. The lowest BCUT2D eigenvalue weighted by Gasteiger charge is -2.21. The number of benzene rings is 3. The van der Waals surface area contributed by atoms with Crippen LogP contribution in [0.5, 0.6) is 5.75 Å². The number of aryl methyl sites for hydroxylation is 1. The molecular formula is C29H31F3N6O2S. The molecular weight excluding hydrogens is 553 g/mol. The molecule has 4 rings (SSSR count). The van der Waals surface area contributed by atoms with Gasteiger partial charge in [0.15, 0.2) is 5.82 Å². The molecule has 1 heterocycles. The summed E-state index contributed by atoms with van der Waals surface area (Å²) < 4.78 is 42.6. The van der Waals surface area contributed by atoms with Crippen molar-refractivity contribution >= 4 is 24.3 Å². The molecule has 12 heteroatoms. The molecule has 0 saturated carbocycles. The van der Waals surface area contributed by atoms with Crippen molar-refractivity contribution in [3.05, 3.63) is 89.7 Å². The number of hydrogen-bond donors (Lipinski definition) is 4. The third kappa shape index (κ3) is 8.65. The maximum atomic E-state index is 12.4. The molecule has 0 spiro atoms. The third-order valence-electron chi connectivity index (χ3n) is 6.10. The Labute approximate surface area is 241 Å². The lowest BCUT2D eigenvalue weighted by atomic mass is 9.99. The zero-order valence-electron chi connectivity index (χ0n) is 22.7. The Hall–Kier alpha value is -4.19. The Morgan fingerprint density at radius 3 is 2.54 bits per heavy atom. The fraction of sp³-hybridized carbons (Fsp3) is 0.276. The van der Waals surface area contributed by atoms with E-state index in [1.807, 2.05) is 43.3 Å². The molecule has 41 heavy (non-hydrogen) atoms. The van der Waals surface area contributed by atoms with Gasteiger partial charge in [0.25, 0.3) is 0 Å². The molecule has 216 valence electrons. The molecule has 0 aliphatic rings. The van der Waals surface area contributed by atoms with Crippen LogP contribution in [0.25, 0.3) is 17.1 Å². The van der Waals surface area contributed by atoms with Crippen LogP contribution in [0.1, 0.15) is 36.5 Å². The highest BCUT2D eigenvalue weighted by atomic mass is 32.1. The van der Waals surface area contributed by atoms with Crippen LogP contribution in [-0.2, 0) is 6.42 Å². The fourth-order valence-corrected chi connectivity index (χ4v) is 4.41. The Balaban J connectivity index is 1.29. The SMILES string of the molecule is Cc1ccc(NC(S)NC(=O)NCCc2cccc(-c3ncn(-c4ccc(OC(F)(F)F)cc4)n3)c2)c(C(C)C)c1. The molecule has 0 aliphatic carbocycles. The minimum Gasteiger partial charge on any atom is -0.406 e. The summed E-state index contributed by atoms with van der Waals surface area (Å²) in [4.78, 5) is 16.8. The topological polar surface area (TPSA) is 93.1 Å². The molecule has 4 aromatic rings. The Morgan fingerprint density at radius 1 is 1.07 bits per heavy atom. The standard InChI is InChI=1S/C29H31F3N6O2S/c1-18(2)24-15-19(3)7-12-25(24)35-28(41)36-27(39)33-14-13-20-5-4-6-21(16-20)26-34-17-38(37-26)22-8-10-23(11-9-22)40-29(30,31)32/h4-12,15-18,28,35,41H,13-14H2,1-3H3,(H2,33,36,39). The maximum Gasteiger partial charge on any atom is 0.573 e. The van der Waals surface area contributed by atoms with Gasteiger partial charge in [0.2, 0.25) is 0 Å². The first kappa shape index (κ1) is 29.8. The van der Waals surface area contributed by atoms with Crippen LogP contribution in [0.2, 0.25) is 0 Å². The van der Waals surface area contributed by atoms with E-state index in [0.717, 1.165) is 22.4 Å². The number of ether oxygens (including phenoxy) is 1. The molecule has 0 saturated heterocycles. The predicted octanol–water partition coefficient (Wildman–Crippen LogP) is 6.43. The predicted molar refractivity (Wildman–Crippen MR) is 155 cm³/mol. The molecule has 8 nitrogen and oxygen atoms in total. The monoisotopic (exact) mass is 584 g/mol. The number of nitrogens with zero attached hydrogens (tertiary/aromatic N) is 3. The van der Waals surface area contributed by atoms with E-state index in [1.165, 1.54) is 40.8 Å². The number of thiol groups is 1. The van der Waals surface area contributed by atoms with Gasteiger partial charge < -0.3 is 20.7 Å². The number of amides is 2. The van der Waals surface area contributed by atoms with Crippen molar-refractivity contribution in [3.8, 4) is 22.8 Å². The van der Waals surface area contributed by atoms with Crippen LogP contribution < -0.4 is 20.7 Å². The molecule has 0 fully saturated rings. The number of carbonyl (C=O) groups is 1. The molecule has 1 unspecified atom stereocenters. The summed E-state index contributed by atoms with van der Waals surface area (Å²) in [6.07, 6.45) is -2.70. The summed E-state index contributed by atoms with van der Waals surface area (Å²) in [6.45, 7) is 6.67. The molecule has 1 aromatic heterocycles. The van der Waals surface area contributed by atoms with E-state index in [2.05, 4.69) is 63.3 Å². The Bertz CT molecular complexity index is 1470. The van der Waals surface area contributed by atoms with Gasteiger partial charge in [0.05, 0.1) is 5.69 Å². The van der Waals surface area contributed by atoms with Gasteiger partial charge in [-0.15, -0.1) is 30.9 Å². The first-order valence-corrected chi connectivity index (χ1v) is 13.4. The normalized spacial score (nSPS) is 12.2. The summed E-state index contributed by atoms with van der Waals surface area (Å²) in [5.74, 6) is 0.457. The minimum absolute atomic E-state index is 0.315. The van der Waals surface area contributed by atoms with Crippen LogP contribution in [0.3, 0.4) is 0 Å². The molecule has 0 radical (unpaired) electrons. The van der Waals surface area contributed by atoms with Gasteiger partial charge in [-0.05, 0) is 66.8 Å². The lowest BCUT2D eigenvalue weighted by molar-refractivity contribution is -0.274. The molecule has 3 N–H and O–H groups in total. The average Bonchev–Trinajstić information content (AvgIpc) is 3.40. The molecule has 1 atom stereocenters. The average molecular weight is 585 g/mol. The highest BCUT2D eigenvalue weighted by molar-refractivity contribution is 7.81. The van der Waals surface area contributed by atoms with Crippen LogP contribution in [0, 0.1) is 6.92 Å². The zero-order chi connectivity index (χ0) is 29.6. The number of aromatic nitrogens is 3. The minimum atomic E-state index is -4.75. The second-order valence-corrected chi connectivity index (χ2v) is 10.2. The molecule has 2 amide bonds. The van der Waals surface area contributed by atoms with E-state index in [1.54, 1.807) is 0 Å². The van der Waals surface area contributed by atoms with Crippen molar-refractivity contribution in [1.82, 2.24) is 25.4 Å². The Morgan fingerprint density at radius 2 is 1.83 bits per heavy atom. The summed E-state index contributed by atoms with van der Waals surface area (Å²) in [7, 11) is 0. The molecule has 3 aromatic carbocycles. The van der Waals surface area contributed by atoms with Crippen LogP contribution in [0.15, 0.2) is 73.1 Å². The molecule has 0 aliphatic heterocycles. The maximum absolute atomic E-state index is 12.4. The number of rotatable bonds is 10. The second-order valence-electron chi connectivity index (χ2n) is 9.70. The van der Waals surface area contributed by atoms with Crippen molar-refractivity contribution in [2.24, 2.45) is 0 Å². The van der Waals surface area contributed by atoms with Gasteiger partial charge in [0, 0.05) is 17.8 Å². The first-order chi connectivity index (χ1) is 19.5. The number of nitrogens with one attached hydrogen (secondary N) is 3. The number of carbonyl (C=O) groups excluding carboxylic acids is 1. The summed E-state index contributed by atoms with van der Waals surface area (Å²) >= 11 is 4.47. The van der Waals surface area contributed by atoms with E-state index in [4.69, 9.17) is 0 Å². The zero-order valence-corrected chi connectivity index (χ0v) is 23.6. The van der Waals surface area contributed by atoms with Crippen molar-refractivity contribution in [1.29, 1.82) is 0 Å². The van der Waals surface area contributed by atoms with E-state index in [-0.39, 0.29) is 11.8 Å². The van der Waals surface area contributed by atoms with Crippen molar-refractivity contribution in [3.63, 3.8) is 0 Å². The third-order valence-corrected chi connectivity index (χ3v) is 6.36. The van der Waals surface area contributed by atoms with Gasteiger partial charge in [-0.2, -0.15) is 0 Å². The van der Waals surface area contributed by atoms with Gasteiger partial charge in [0.1, 0.15) is 17.6 Å². The smallest absolute Gasteiger partial charge is 0.406 e. The van der Waals surface area contributed by atoms with E-state index < -0.39 is 11.9 Å². The fourth-order valence-electron chi connectivity index (χ4n) is 4.16. The van der Waals surface area contributed by atoms with E-state index in [9.17, 15) is 18.0 Å².